The zero-order valence-corrected chi connectivity index (χ0v) is 24.9. The molecule has 0 saturated heterocycles. The van der Waals surface area contributed by atoms with Crippen molar-refractivity contribution in [3.05, 3.63) is 162 Å². The van der Waals surface area contributed by atoms with Crippen LogP contribution in [0.15, 0.2) is 152 Å². The van der Waals surface area contributed by atoms with Crippen molar-refractivity contribution in [3.8, 4) is 22.4 Å². The number of aryl methyl sites for hydroxylation is 1. The van der Waals surface area contributed by atoms with Gasteiger partial charge in [-0.05, 0) is 84.3 Å². The molecule has 0 unspecified atom stereocenters. The van der Waals surface area contributed by atoms with Crippen LogP contribution < -0.4 is 9.80 Å². The Bertz CT molecular complexity index is 2090. The molecule has 1 aromatic heterocycles. The Labute approximate surface area is 262 Å². The zero-order chi connectivity index (χ0) is 29.6. The highest BCUT2D eigenvalue weighted by molar-refractivity contribution is 6.30. The maximum atomic E-state index is 6.29. The minimum absolute atomic E-state index is 0.707. The summed E-state index contributed by atoms with van der Waals surface area (Å²) < 4.78 is 0. The summed E-state index contributed by atoms with van der Waals surface area (Å²) in [5.41, 5.74) is 13.0. The maximum Gasteiger partial charge on any atom is 0.0958 e. The van der Waals surface area contributed by atoms with Crippen LogP contribution in [-0.2, 0) is 0 Å². The first-order valence-electron chi connectivity index (χ1n) is 14.8. The predicted molar refractivity (Wildman–Crippen MR) is 185 cm³/mol. The van der Waals surface area contributed by atoms with Gasteiger partial charge in [-0.25, -0.2) is 4.98 Å². The summed E-state index contributed by atoms with van der Waals surface area (Å²) in [6, 6.07) is 53.0. The van der Waals surface area contributed by atoms with E-state index < -0.39 is 0 Å². The lowest BCUT2D eigenvalue weighted by atomic mass is 9.94. The molecule has 7 aromatic rings. The van der Waals surface area contributed by atoms with Gasteiger partial charge in [0.15, 0.2) is 0 Å². The summed E-state index contributed by atoms with van der Waals surface area (Å²) in [6.07, 6.45) is 0. The normalized spacial score (nSPS) is 12.2. The van der Waals surface area contributed by atoms with Gasteiger partial charge in [0.05, 0.1) is 39.6 Å². The van der Waals surface area contributed by atoms with Crippen LogP contribution in [0.25, 0.3) is 33.3 Å². The molecule has 0 spiro atoms. The number of benzene rings is 6. The van der Waals surface area contributed by atoms with Crippen LogP contribution in [0.4, 0.5) is 34.1 Å². The number of fused-ring (bicyclic) bond motifs is 3. The topological polar surface area (TPSA) is 19.4 Å². The van der Waals surface area contributed by atoms with Gasteiger partial charge in [-0.15, -0.1) is 0 Å². The number of rotatable bonds is 4. The van der Waals surface area contributed by atoms with Crippen molar-refractivity contribution < 1.29 is 0 Å². The molecule has 3 nitrogen and oxygen atoms in total. The molecule has 8 rings (SSSR count). The molecule has 210 valence electrons. The van der Waals surface area contributed by atoms with E-state index >= 15 is 0 Å². The van der Waals surface area contributed by atoms with Gasteiger partial charge in [-0.1, -0.05) is 103 Å². The first-order chi connectivity index (χ1) is 21.7. The van der Waals surface area contributed by atoms with Gasteiger partial charge in [0.1, 0.15) is 0 Å². The van der Waals surface area contributed by atoms with E-state index in [0.717, 1.165) is 67.4 Å². The van der Waals surface area contributed by atoms with E-state index in [2.05, 4.69) is 144 Å². The van der Waals surface area contributed by atoms with E-state index in [1.165, 1.54) is 5.56 Å². The number of para-hydroxylation sites is 5. The number of anilines is 6. The molecule has 0 radical (unpaired) electrons. The van der Waals surface area contributed by atoms with E-state index in [1.54, 1.807) is 0 Å². The number of halogens is 1. The van der Waals surface area contributed by atoms with Crippen LogP contribution in [0.5, 0.6) is 0 Å². The molecule has 6 aromatic carbocycles. The van der Waals surface area contributed by atoms with Gasteiger partial charge >= 0.3 is 0 Å². The lowest BCUT2D eigenvalue weighted by molar-refractivity contribution is 1.17. The summed E-state index contributed by atoms with van der Waals surface area (Å²) in [5, 5.41) is 1.85. The molecule has 1 aliphatic heterocycles. The minimum Gasteiger partial charge on any atom is -0.306 e. The largest absolute Gasteiger partial charge is 0.306 e. The Morgan fingerprint density at radius 1 is 0.500 bits per heavy atom. The van der Waals surface area contributed by atoms with Crippen molar-refractivity contribution in [3.63, 3.8) is 0 Å². The maximum absolute atomic E-state index is 6.29. The Morgan fingerprint density at radius 3 is 1.66 bits per heavy atom. The summed E-state index contributed by atoms with van der Waals surface area (Å²) in [4.78, 5) is 10.1. The molecule has 0 N–H and O–H groups in total. The van der Waals surface area contributed by atoms with Crippen molar-refractivity contribution in [2.24, 2.45) is 0 Å². The third kappa shape index (κ3) is 4.33. The SMILES string of the molecule is Cc1ccc(N2c3ccccc3N(c3ccccc3)c3ccccc32)c2nc(-c3ccc(Cl)cc3)cc(-c3ccccc3)c12. The van der Waals surface area contributed by atoms with E-state index in [9.17, 15) is 0 Å². The van der Waals surface area contributed by atoms with Crippen molar-refractivity contribution in [1.29, 1.82) is 0 Å². The number of nitrogens with zero attached hydrogens (tertiary/aromatic N) is 3. The second-order valence-electron chi connectivity index (χ2n) is 11.0. The van der Waals surface area contributed by atoms with Gasteiger partial charge in [0, 0.05) is 21.7 Å². The number of hydrogen-bond donors (Lipinski definition) is 0. The Kier molecular flexibility index (Phi) is 6.40. The smallest absolute Gasteiger partial charge is 0.0958 e. The van der Waals surface area contributed by atoms with Gasteiger partial charge in [-0.2, -0.15) is 0 Å². The van der Waals surface area contributed by atoms with Crippen LogP contribution in [0.3, 0.4) is 0 Å². The van der Waals surface area contributed by atoms with Gasteiger partial charge < -0.3 is 9.80 Å². The monoisotopic (exact) mass is 585 g/mol. The predicted octanol–water partition coefficient (Wildman–Crippen LogP) is 11.8. The van der Waals surface area contributed by atoms with Gasteiger partial charge in [-0.3, -0.25) is 0 Å². The average Bonchev–Trinajstić information content (AvgIpc) is 3.08. The fraction of sp³-hybridized carbons (Fsp3) is 0.0250. The minimum atomic E-state index is 0.707. The third-order valence-electron chi connectivity index (χ3n) is 8.35. The summed E-state index contributed by atoms with van der Waals surface area (Å²) in [7, 11) is 0. The molecule has 2 heterocycles. The molecule has 0 saturated carbocycles. The van der Waals surface area contributed by atoms with E-state index in [0.29, 0.717) is 5.02 Å². The third-order valence-corrected chi connectivity index (χ3v) is 8.61. The molecule has 0 bridgehead atoms. The number of hydrogen-bond acceptors (Lipinski definition) is 3. The summed E-state index contributed by atoms with van der Waals surface area (Å²) in [6.45, 7) is 2.18. The summed E-state index contributed by atoms with van der Waals surface area (Å²) in [5.74, 6) is 0. The van der Waals surface area contributed by atoms with Crippen LogP contribution in [-0.4, -0.2) is 4.98 Å². The van der Waals surface area contributed by atoms with Crippen molar-refractivity contribution in [2.75, 3.05) is 9.80 Å². The fourth-order valence-electron chi connectivity index (χ4n) is 6.35. The summed E-state index contributed by atoms with van der Waals surface area (Å²) >= 11 is 6.29. The second-order valence-corrected chi connectivity index (χ2v) is 11.5. The molecule has 4 heteroatoms. The average molecular weight is 586 g/mol. The zero-order valence-electron chi connectivity index (χ0n) is 24.2. The molecule has 0 fully saturated rings. The quantitative estimate of drug-likeness (QED) is 0.205. The highest BCUT2D eigenvalue weighted by Gasteiger charge is 2.31. The van der Waals surface area contributed by atoms with Crippen molar-refractivity contribution in [1.82, 2.24) is 4.98 Å². The van der Waals surface area contributed by atoms with Crippen LogP contribution in [0.2, 0.25) is 5.02 Å². The van der Waals surface area contributed by atoms with Crippen LogP contribution >= 0.6 is 11.6 Å². The second kappa shape index (κ2) is 10.7. The molecule has 0 atom stereocenters. The number of pyridine rings is 1. The molecule has 0 amide bonds. The van der Waals surface area contributed by atoms with Crippen LogP contribution in [0.1, 0.15) is 5.56 Å². The van der Waals surface area contributed by atoms with Crippen LogP contribution in [0, 0.1) is 6.92 Å². The standard InChI is InChI=1S/C40H28ClN3/c1-27-20-25-38(40-39(27)32(28-12-4-2-5-13-28)26-33(42-40)29-21-23-30(41)24-22-29)44-36-18-10-8-16-34(36)43(31-14-6-3-7-15-31)35-17-9-11-19-37(35)44/h2-26H,1H3. The van der Waals surface area contributed by atoms with E-state index in [-0.39, 0.29) is 0 Å². The molecule has 44 heavy (non-hydrogen) atoms. The Balaban J connectivity index is 1.44. The Hall–Kier alpha value is -5.38. The lowest BCUT2D eigenvalue weighted by Crippen LogP contribution is -2.24. The lowest BCUT2D eigenvalue weighted by Gasteiger charge is -2.40. The first-order valence-corrected chi connectivity index (χ1v) is 15.1. The van der Waals surface area contributed by atoms with E-state index in [1.807, 2.05) is 24.3 Å². The molecular weight excluding hydrogens is 558 g/mol. The molecule has 0 aliphatic carbocycles. The fourth-order valence-corrected chi connectivity index (χ4v) is 6.48. The molecule has 1 aliphatic rings. The van der Waals surface area contributed by atoms with Crippen molar-refractivity contribution >= 4 is 56.6 Å². The first kappa shape index (κ1) is 26.3. The highest BCUT2D eigenvalue weighted by atomic mass is 35.5. The molecular formula is C40H28ClN3. The van der Waals surface area contributed by atoms with Gasteiger partial charge in [0.25, 0.3) is 0 Å². The highest BCUT2D eigenvalue weighted by Crippen LogP contribution is 2.55. The van der Waals surface area contributed by atoms with Gasteiger partial charge in [0.2, 0.25) is 0 Å². The number of aromatic nitrogens is 1. The Morgan fingerprint density at radius 2 is 1.05 bits per heavy atom. The van der Waals surface area contributed by atoms with E-state index in [4.69, 9.17) is 16.6 Å². The van der Waals surface area contributed by atoms with Crippen molar-refractivity contribution in [2.45, 2.75) is 6.92 Å².